The van der Waals surface area contributed by atoms with Gasteiger partial charge in [-0.15, -0.1) is 11.3 Å². The van der Waals surface area contributed by atoms with Crippen molar-refractivity contribution in [3.8, 4) is 22.0 Å². The van der Waals surface area contributed by atoms with Gasteiger partial charge in [-0.25, -0.2) is 4.98 Å². The molecule has 0 radical (unpaired) electrons. The Morgan fingerprint density at radius 3 is 2.91 bits per heavy atom. The fourth-order valence-electron chi connectivity index (χ4n) is 2.29. The first-order valence-electron chi connectivity index (χ1n) is 6.54. The maximum Gasteiger partial charge on any atom is 0.197 e. The molecular weight excluding hydrogens is 380 g/mol. The minimum absolute atomic E-state index is 0.447. The Labute approximate surface area is 143 Å². The van der Waals surface area contributed by atoms with Gasteiger partial charge in [-0.2, -0.15) is 0 Å². The van der Waals surface area contributed by atoms with Gasteiger partial charge < -0.3 is 9.40 Å². The Morgan fingerprint density at radius 2 is 2.09 bits per heavy atom. The largest absolute Gasteiger partial charge is 0.454 e. The van der Waals surface area contributed by atoms with E-state index in [0.717, 1.165) is 31.7 Å². The van der Waals surface area contributed by atoms with E-state index in [9.17, 15) is 0 Å². The third kappa shape index (κ3) is 2.54. The quantitative estimate of drug-likeness (QED) is 0.425. The highest BCUT2D eigenvalue weighted by Crippen LogP contribution is 2.31. The van der Waals surface area contributed by atoms with Gasteiger partial charge in [-0.3, -0.25) is 0 Å². The van der Waals surface area contributed by atoms with E-state index in [1.165, 1.54) is 0 Å². The Hall–Kier alpha value is -1.76. The van der Waals surface area contributed by atoms with Crippen LogP contribution >= 0.6 is 39.5 Å². The molecule has 0 aliphatic rings. The molecule has 3 nitrogen and oxygen atoms in total. The Balaban J connectivity index is 1.89. The van der Waals surface area contributed by atoms with Gasteiger partial charge in [-0.05, 0) is 54.0 Å². The first kappa shape index (κ1) is 13.9. The van der Waals surface area contributed by atoms with Crippen molar-refractivity contribution in [3.63, 3.8) is 0 Å². The summed E-state index contributed by atoms with van der Waals surface area (Å²) in [7, 11) is 0. The summed E-state index contributed by atoms with van der Waals surface area (Å²) in [4.78, 5) is 8.64. The van der Waals surface area contributed by atoms with Gasteiger partial charge in [0.2, 0.25) is 0 Å². The fourth-order valence-corrected chi connectivity index (χ4v) is 3.57. The van der Waals surface area contributed by atoms with Crippen molar-refractivity contribution < 1.29 is 4.42 Å². The van der Waals surface area contributed by atoms with E-state index < -0.39 is 0 Å². The van der Waals surface area contributed by atoms with Crippen LogP contribution in [0.25, 0.3) is 33.0 Å². The summed E-state index contributed by atoms with van der Waals surface area (Å²) in [5.41, 5.74) is 2.52. The third-order valence-corrected chi connectivity index (χ3v) is 4.85. The van der Waals surface area contributed by atoms with Gasteiger partial charge in [0.05, 0.1) is 10.6 Å². The van der Waals surface area contributed by atoms with E-state index >= 15 is 0 Å². The number of furan rings is 1. The maximum atomic E-state index is 5.90. The van der Waals surface area contributed by atoms with Crippen molar-refractivity contribution in [2.45, 2.75) is 0 Å². The van der Waals surface area contributed by atoms with E-state index in [1.54, 1.807) is 11.3 Å². The van der Waals surface area contributed by atoms with Gasteiger partial charge in [-0.1, -0.05) is 22.0 Å². The average molecular weight is 389 g/mol. The molecule has 3 heterocycles. The molecule has 0 fully saturated rings. The van der Waals surface area contributed by atoms with Gasteiger partial charge in [0, 0.05) is 9.86 Å². The normalized spacial score (nSPS) is 11.1. The molecule has 0 atom stereocenters. The molecule has 0 aliphatic carbocycles. The lowest BCUT2D eigenvalue weighted by Crippen LogP contribution is -1.89. The highest BCUT2D eigenvalue weighted by Gasteiger charge is 2.10. The number of thiophene rings is 1. The number of aromatic nitrogens is 2. The summed E-state index contributed by atoms with van der Waals surface area (Å²) >= 11 is 10.4. The molecule has 0 aliphatic heterocycles. The zero-order valence-corrected chi connectivity index (χ0v) is 14.4. The van der Waals surface area contributed by atoms with E-state index in [4.69, 9.17) is 16.6 Å². The summed E-state index contributed by atoms with van der Waals surface area (Å²) in [6.45, 7) is 0. The van der Waals surface area contributed by atoms with Crippen LogP contribution in [0.2, 0.25) is 0 Å². The number of hydrogen-bond acceptors (Lipinski definition) is 4. The van der Waals surface area contributed by atoms with Crippen LogP contribution in [0.4, 0.5) is 0 Å². The molecule has 0 saturated carbocycles. The average Bonchev–Trinajstić information content (AvgIpc) is 3.15. The first-order valence-corrected chi connectivity index (χ1v) is 8.62. The zero-order chi connectivity index (χ0) is 15.1. The molecule has 1 N–H and O–H groups in total. The highest BCUT2D eigenvalue weighted by molar-refractivity contribution is 9.10. The number of benzene rings is 1. The highest BCUT2D eigenvalue weighted by atomic mass is 79.9. The second kappa shape index (κ2) is 5.46. The predicted octanol–water partition coefficient (Wildman–Crippen LogP) is 6.04. The molecule has 0 amide bonds. The minimum atomic E-state index is 0.447. The van der Waals surface area contributed by atoms with Crippen LogP contribution in [-0.2, 0) is 0 Å². The summed E-state index contributed by atoms with van der Waals surface area (Å²) < 4.78 is 7.36. The van der Waals surface area contributed by atoms with Gasteiger partial charge in [0.1, 0.15) is 11.3 Å². The third-order valence-electron chi connectivity index (χ3n) is 3.26. The number of nitrogens with one attached hydrogen (secondary N) is 1. The van der Waals surface area contributed by atoms with Gasteiger partial charge in [0.25, 0.3) is 0 Å². The monoisotopic (exact) mass is 388 g/mol. The molecule has 0 unspecified atom stereocenters. The molecule has 22 heavy (non-hydrogen) atoms. The Bertz CT molecular complexity index is 1020. The Morgan fingerprint density at radius 1 is 1.18 bits per heavy atom. The molecular formula is C16H9BrN2OS2. The molecule has 0 saturated heterocycles. The number of aromatic amines is 1. The van der Waals surface area contributed by atoms with Crippen LogP contribution in [-0.4, -0.2) is 9.97 Å². The molecule has 0 spiro atoms. The number of rotatable bonds is 2. The summed E-state index contributed by atoms with van der Waals surface area (Å²) in [6.07, 6.45) is 0. The van der Waals surface area contributed by atoms with E-state index in [1.807, 2.05) is 47.8 Å². The van der Waals surface area contributed by atoms with Crippen molar-refractivity contribution in [2.24, 2.45) is 0 Å². The number of halogens is 1. The lowest BCUT2D eigenvalue weighted by atomic mass is 10.2. The fraction of sp³-hybridized carbons (Fsp3) is 0. The van der Waals surface area contributed by atoms with Crippen LogP contribution in [0.15, 0.2) is 56.7 Å². The van der Waals surface area contributed by atoms with Crippen LogP contribution < -0.4 is 0 Å². The van der Waals surface area contributed by atoms with Crippen LogP contribution in [0.5, 0.6) is 0 Å². The van der Waals surface area contributed by atoms with Crippen molar-refractivity contribution in [3.05, 3.63) is 57.1 Å². The Kier molecular flexibility index (Phi) is 3.44. The second-order valence-corrected chi connectivity index (χ2v) is 7.01. The minimum Gasteiger partial charge on any atom is -0.454 e. The summed E-state index contributed by atoms with van der Waals surface area (Å²) in [5.74, 6) is 0.714. The van der Waals surface area contributed by atoms with Crippen LogP contribution in [0.3, 0.4) is 0 Å². The molecule has 3 aromatic heterocycles. The van der Waals surface area contributed by atoms with Gasteiger partial charge in [0.15, 0.2) is 10.5 Å². The van der Waals surface area contributed by atoms with Crippen molar-refractivity contribution in [1.29, 1.82) is 0 Å². The SMILES string of the molecule is S=c1nc(-c2cc3cc(Br)ccc3o2)cc(-c2cccs2)[nH]1. The van der Waals surface area contributed by atoms with E-state index in [-0.39, 0.29) is 0 Å². The summed E-state index contributed by atoms with van der Waals surface area (Å²) in [6, 6.07) is 13.9. The maximum absolute atomic E-state index is 5.90. The molecule has 108 valence electrons. The van der Waals surface area contributed by atoms with Crippen molar-refractivity contribution in [1.82, 2.24) is 9.97 Å². The summed E-state index contributed by atoms with van der Waals surface area (Å²) in [5, 5.41) is 3.06. The zero-order valence-electron chi connectivity index (χ0n) is 11.2. The topological polar surface area (TPSA) is 41.8 Å². The number of fused-ring (bicyclic) bond motifs is 1. The van der Waals surface area contributed by atoms with Crippen LogP contribution in [0, 0.1) is 4.77 Å². The number of H-pyrrole nitrogens is 1. The van der Waals surface area contributed by atoms with E-state index in [0.29, 0.717) is 10.5 Å². The van der Waals surface area contributed by atoms with Crippen molar-refractivity contribution >= 4 is 50.5 Å². The predicted molar refractivity (Wildman–Crippen MR) is 95.6 cm³/mol. The smallest absolute Gasteiger partial charge is 0.197 e. The lowest BCUT2D eigenvalue weighted by molar-refractivity contribution is 0.628. The standard InChI is InChI=1S/C16H9BrN2OS2/c17-10-3-4-13-9(6-10)7-14(20-13)11-8-12(19-16(21)18-11)15-2-1-5-22-15/h1-8H,(H,18,19,21). The second-order valence-electron chi connectivity index (χ2n) is 4.76. The van der Waals surface area contributed by atoms with Crippen molar-refractivity contribution in [2.75, 3.05) is 0 Å². The number of hydrogen-bond donors (Lipinski definition) is 1. The number of nitrogens with zero attached hydrogens (tertiary/aromatic N) is 1. The first-order chi connectivity index (χ1) is 10.7. The molecule has 0 bridgehead atoms. The molecule has 4 aromatic rings. The molecule has 4 rings (SSSR count). The van der Waals surface area contributed by atoms with Gasteiger partial charge >= 0.3 is 0 Å². The molecule has 1 aromatic carbocycles. The van der Waals surface area contributed by atoms with E-state index in [2.05, 4.69) is 25.9 Å². The lowest BCUT2D eigenvalue weighted by Gasteiger charge is -2.01. The molecule has 6 heteroatoms. The van der Waals surface area contributed by atoms with Crippen LogP contribution in [0.1, 0.15) is 0 Å².